The molecule has 1 fully saturated rings. The summed E-state index contributed by atoms with van der Waals surface area (Å²) in [5, 5.41) is 3.60. The lowest BCUT2D eigenvalue weighted by atomic mass is 9.92. The second-order valence-electron chi connectivity index (χ2n) is 6.04. The number of nitrogens with one attached hydrogen (secondary N) is 1. The number of methoxy groups -OCH3 is 1. The number of hydrogen-bond donors (Lipinski definition) is 1. The maximum Gasteiger partial charge on any atom is 0.121 e. The molecule has 112 valence electrons. The molecule has 0 spiro atoms. The van der Waals surface area contributed by atoms with Crippen molar-refractivity contribution >= 4 is 5.69 Å². The van der Waals surface area contributed by atoms with Crippen LogP contribution in [0.25, 0.3) is 0 Å². The normalized spacial score (nSPS) is 22.8. The third kappa shape index (κ3) is 4.41. The average Bonchev–Trinajstić information content (AvgIpc) is 2.46. The third-order valence-electron chi connectivity index (χ3n) is 3.77. The maximum absolute atomic E-state index is 5.78. The predicted octanol–water partition coefficient (Wildman–Crippen LogP) is 4.09. The van der Waals surface area contributed by atoms with Crippen molar-refractivity contribution in [2.24, 2.45) is 5.92 Å². The van der Waals surface area contributed by atoms with Gasteiger partial charge in [0.05, 0.1) is 18.8 Å². The molecular weight excluding hydrogens is 250 g/mol. The molecule has 1 saturated carbocycles. The first-order valence-corrected chi connectivity index (χ1v) is 7.71. The monoisotopic (exact) mass is 277 g/mol. The first kappa shape index (κ1) is 15.2. The van der Waals surface area contributed by atoms with Crippen LogP contribution in [0.2, 0.25) is 0 Å². The highest BCUT2D eigenvalue weighted by molar-refractivity contribution is 5.49. The quantitative estimate of drug-likeness (QED) is 0.849. The zero-order valence-corrected chi connectivity index (χ0v) is 12.9. The van der Waals surface area contributed by atoms with E-state index in [9.17, 15) is 0 Å². The minimum absolute atomic E-state index is 0.323. The molecule has 0 aromatic heterocycles. The van der Waals surface area contributed by atoms with Crippen molar-refractivity contribution in [1.29, 1.82) is 0 Å². The van der Waals surface area contributed by atoms with Crippen LogP contribution in [0.1, 0.15) is 39.5 Å². The molecule has 0 amide bonds. The molecule has 1 aromatic carbocycles. The standard InChI is InChI=1S/C17H27NO2/c1-13(2)12-20-15-8-6-7-14(11-15)18-16-9-4-5-10-17(16)19-3/h6-8,11,13,16-18H,4-5,9-10,12H2,1-3H3. The number of hydrogen-bond acceptors (Lipinski definition) is 3. The molecule has 2 rings (SSSR count). The van der Waals surface area contributed by atoms with Gasteiger partial charge in [0.25, 0.3) is 0 Å². The molecular formula is C17H27NO2. The van der Waals surface area contributed by atoms with Gasteiger partial charge in [-0.1, -0.05) is 32.8 Å². The van der Waals surface area contributed by atoms with Crippen LogP contribution in [-0.4, -0.2) is 25.9 Å². The fourth-order valence-corrected chi connectivity index (χ4v) is 2.70. The lowest BCUT2D eigenvalue weighted by molar-refractivity contribution is 0.0606. The second-order valence-corrected chi connectivity index (χ2v) is 6.04. The molecule has 0 aliphatic heterocycles. The van der Waals surface area contributed by atoms with Crippen LogP contribution in [0, 0.1) is 5.92 Å². The molecule has 1 aliphatic carbocycles. The van der Waals surface area contributed by atoms with Gasteiger partial charge in [-0.2, -0.15) is 0 Å². The maximum atomic E-state index is 5.78. The first-order valence-electron chi connectivity index (χ1n) is 7.71. The molecule has 2 atom stereocenters. The zero-order chi connectivity index (χ0) is 14.4. The Balaban J connectivity index is 1.96. The Morgan fingerprint density at radius 3 is 2.80 bits per heavy atom. The van der Waals surface area contributed by atoms with E-state index in [1.54, 1.807) is 0 Å². The van der Waals surface area contributed by atoms with Crippen LogP contribution >= 0.6 is 0 Å². The highest BCUT2D eigenvalue weighted by Crippen LogP contribution is 2.26. The lowest BCUT2D eigenvalue weighted by Gasteiger charge is -2.31. The van der Waals surface area contributed by atoms with E-state index in [0.717, 1.165) is 24.5 Å². The number of rotatable bonds is 6. The average molecular weight is 277 g/mol. The van der Waals surface area contributed by atoms with Crippen LogP contribution in [-0.2, 0) is 4.74 Å². The van der Waals surface area contributed by atoms with E-state index in [0.29, 0.717) is 18.1 Å². The summed E-state index contributed by atoms with van der Waals surface area (Å²) >= 11 is 0. The van der Waals surface area contributed by atoms with E-state index >= 15 is 0 Å². The van der Waals surface area contributed by atoms with Gasteiger partial charge in [-0.05, 0) is 30.9 Å². The minimum atomic E-state index is 0.323. The molecule has 1 aliphatic rings. The molecule has 0 saturated heterocycles. The van der Waals surface area contributed by atoms with Crippen LogP contribution in [0.5, 0.6) is 5.75 Å². The smallest absolute Gasteiger partial charge is 0.121 e. The molecule has 3 heteroatoms. The Labute approximate surface area is 122 Å². The van der Waals surface area contributed by atoms with Gasteiger partial charge in [-0.15, -0.1) is 0 Å². The van der Waals surface area contributed by atoms with Crippen molar-refractivity contribution in [2.45, 2.75) is 51.7 Å². The molecule has 1 N–H and O–H groups in total. The van der Waals surface area contributed by atoms with E-state index in [1.165, 1.54) is 19.3 Å². The Kier molecular flexibility index (Phi) is 5.72. The summed E-state index contributed by atoms with van der Waals surface area (Å²) in [5.41, 5.74) is 1.13. The fourth-order valence-electron chi connectivity index (χ4n) is 2.70. The first-order chi connectivity index (χ1) is 9.69. The Bertz CT molecular complexity index is 406. The lowest BCUT2D eigenvalue weighted by Crippen LogP contribution is -2.37. The van der Waals surface area contributed by atoms with Gasteiger partial charge >= 0.3 is 0 Å². The third-order valence-corrected chi connectivity index (χ3v) is 3.77. The largest absolute Gasteiger partial charge is 0.493 e. The van der Waals surface area contributed by atoms with Gasteiger partial charge < -0.3 is 14.8 Å². The van der Waals surface area contributed by atoms with Crippen LogP contribution in [0.3, 0.4) is 0 Å². The summed E-state index contributed by atoms with van der Waals surface area (Å²) < 4.78 is 11.4. The van der Waals surface area contributed by atoms with E-state index < -0.39 is 0 Å². The highest BCUT2D eigenvalue weighted by atomic mass is 16.5. The molecule has 20 heavy (non-hydrogen) atoms. The Morgan fingerprint density at radius 1 is 1.25 bits per heavy atom. The highest BCUT2D eigenvalue weighted by Gasteiger charge is 2.24. The summed E-state index contributed by atoms with van der Waals surface area (Å²) in [6.07, 6.45) is 5.20. The molecule has 1 aromatic rings. The number of ether oxygens (including phenoxy) is 2. The molecule has 2 unspecified atom stereocenters. The van der Waals surface area contributed by atoms with Crippen LogP contribution < -0.4 is 10.1 Å². The Morgan fingerprint density at radius 2 is 2.05 bits per heavy atom. The van der Waals surface area contributed by atoms with E-state index in [1.807, 2.05) is 19.2 Å². The van der Waals surface area contributed by atoms with Gasteiger partial charge in [0, 0.05) is 18.9 Å². The summed E-state index contributed by atoms with van der Waals surface area (Å²) in [7, 11) is 1.81. The zero-order valence-electron chi connectivity index (χ0n) is 12.9. The predicted molar refractivity (Wildman–Crippen MR) is 83.5 cm³/mol. The summed E-state index contributed by atoms with van der Waals surface area (Å²) in [5.74, 6) is 1.48. The van der Waals surface area contributed by atoms with Crippen molar-refractivity contribution in [3.05, 3.63) is 24.3 Å². The second kappa shape index (κ2) is 7.53. The van der Waals surface area contributed by atoms with E-state index in [4.69, 9.17) is 9.47 Å². The SMILES string of the molecule is COC1CCCCC1Nc1cccc(OCC(C)C)c1. The summed E-state index contributed by atoms with van der Waals surface area (Å²) in [4.78, 5) is 0. The van der Waals surface area contributed by atoms with Crippen molar-refractivity contribution in [2.75, 3.05) is 19.0 Å². The van der Waals surface area contributed by atoms with Crippen molar-refractivity contribution in [1.82, 2.24) is 0 Å². The molecule has 0 bridgehead atoms. The van der Waals surface area contributed by atoms with Crippen LogP contribution in [0.4, 0.5) is 5.69 Å². The van der Waals surface area contributed by atoms with Gasteiger partial charge in [-0.3, -0.25) is 0 Å². The van der Waals surface area contributed by atoms with Crippen molar-refractivity contribution in [3.8, 4) is 5.75 Å². The van der Waals surface area contributed by atoms with Crippen LogP contribution in [0.15, 0.2) is 24.3 Å². The van der Waals surface area contributed by atoms with E-state index in [-0.39, 0.29) is 0 Å². The summed E-state index contributed by atoms with van der Waals surface area (Å²) in [6.45, 7) is 5.08. The minimum Gasteiger partial charge on any atom is -0.493 e. The molecule has 0 heterocycles. The van der Waals surface area contributed by atoms with Gasteiger partial charge in [0.2, 0.25) is 0 Å². The van der Waals surface area contributed by atoms with Gasteiger partial charge in [0.1, 0.15) is 5.75 Å². The molecule has 3 nitrogen and oxygen atoms in total. The van der Waals surface area contributed by atoms with Gasteiger partial charge in [-0.25, -0.2) is 0 Å². The summed E-state index contributed by atoms with van der Waals surface area (Å²) in [6, 6.07) is 8.66. The van der Waals surface area contributed by atoms with Crippen molar-refractivity contribution < 1.29 is 9.47 Å². The fraction of sp³-hybridized carbons (Fsp3) is 0.647. The number of benzene rings is 1. The topological polar surface area (TPSA) is 30.5 Å². The van der Waals surface area contributed by atoms with Gasteiger partial charge in [0.15, 0.2) is 0 Å². The Hall–Kier alpha value is -1.22. The number of anilines is 1. The van der Waals surface area contributed by atoms with E-state index in [2.05, 4.69) is 31.3 Å². The van der Waals surface area contributed by atoms with Crippen molar-refractivity contribution in [3.63, 3.8) is 0 Å². The molecule has 0 radical (unpaired) electrons.